The molecule has 0 aliphatic heterocycles. The van der Waals surface area contributed by atoms with Crippen molar-refractivity contribution in [2.45, 2.75) is 57.7 Å². The van der Waals surface area contributed by atoms with Crippen LogP contribution in [-0.4, -0.2) is 43.7 Å². The van der Waals surface area contributed by atoms with E-state index in [0.717, 1.165) is 19.3 Å². The Morgan fingerprint density at radius 3 is 2.65 bits per heavy atom. The van der Waals surface area contributed by atoms with Crippen LogP contribution in [0.2, 0.25) is 0 Å². The van der Waals surface area contributed by atoms with Crippen LogP contribution in [0.5, 0.6) is 0 Å². The summed E-state index contributed by atoms with van der Waals surface area (Å²) in [6.07, 6.45) is 3.41. The molecule has 3 atom stereocenters. The smallest absolute Gasteiger partial charge is 0.239 e. The highest BCUT2D eigenvalue weighted by Crippen LogP contribution is 2.24. The average molecular weight is 285 g/mol. The molecule has 0 bridgehead atoms. The van der Waals surface area contributed by atoms with Crippen molar-refractivity contribution in [3.05, 3.63) is 0 Å². The highest BCUT2D eigenvalue weighted by atomic mass is 16.5. The number of hydrogen-bond donors (Lipinski definition) is 3. The van der Waals surface area contributed by atoms with E-state index < -0.39 is 6.04 Å². The Kier molecular flexibility index (Phi) is 6.95. The monoisotopic (exact) mass is 285 g/mol. The van der Waals surface area contributed by atoms with Crippen LogP contribution in [0.3, 0.4) is 0 Å². The lowest BCUT2D eigenvalue weighted by Crippen LogP contribution is -2.49. The second-order valence-electron chi connectivity index (χ2n) is 5.79. The van der Waals surface area contributed by atoms with E-state index in [1.54, 1.807) is 0 Å². The summed E-state index contributed by atoms with van der Waals surface area (Å²) in [5.74, 6) is -0.142. The molecule has 0 heterocycles. The van der Waals surface area contributed by atoms with Gasteiger partial charge in [0.05, 0.1) is 6.61 Å². The first-order chi connectivity index (χ1) is 9.43. The molecule has 0 aromatic rings. The standard InChI is InChI=1S/C14H27N3O3/c1-9(2)16-13(18)10-5-4-6-11(7-10)17-14(19)12(15)8-20-3/h9-12H,4-8,15H2,1-3H3,(H,16,18)(H,17,19). The largest absolute Gasteiger partial charge is 0.383 e. The van der Waals surface area contributed by atoms with Crippen molar-refractivity contribution in [1.29, 1.82) is 0 Å². The third-order valence-corrected chi connectivity index (χ3v) is 3.51. The van der Waals surface area contributed by atoms with Gasteiger partial charge in [0.15, 0.2) is 0 Å². The third-order valence-electron chi connectivity index (χ3n) is 3.51. The van der Waals surface area contributed by atoms with E-state index in [9.17, 15) is 9.59 Å². The first kappa shape index (κ1) is 16.9. The van der Waals surface area contributed by atoms with Crippen molar-refractivity contribution in [2.75, 3.05) is 13.7 Å². The van der Waals surface area contributed by atoms with Gasteiger partial charge in [0.2, 0.25) is 11.8 Å². The summed E-state index contributed by atoms with van der Waals surface area (Å²) in [5, 5.41) is 5.85. The van der Waals surface area contributed by atoms with E-state index in [0.29, 0.717) is 6.42 Å². The second-order valence-corrected chi connectivity index (χ2v) is 5.79. The zero-order chi connectivity index (χ0) is 15.1. The maximum Gasteiger partial charge on any atom is 0.239 e. The Labute approximate surface area is 120 Å². The molecule has 20 heavy (non-hydrogen) atoms. The number of nitrogens with one attached hydrogen (secondary N) is 2. The van der Waals surface area contributed by atoms with Crippen molar-refractivity contribution < 1.29 is 14.3 Å². The first-order valence-electron chi connectivity index (χ1n) is 7.29. The van der Waals surface area contributed by atoms with Crippen molar-refractivity contribution in [2.24, 2.45) is 11.7 Å². The summed E-state index contributed by atoms with van der Waals surface area (Å²) in [6, 6.07) is -0.473. The molecule has 1 rings (SSSR count). The third kappa shape index (κ3) is 5.46. The molecule has 6 nitrogen and oxygen atoms in total. The van der Waals surface area contributed by atoms with Crippen LogP contribution in [-0.2, 0) is 14.3 Å². The summed E-state index contributed by atoms with van der Waals surface area (Å²) in [7, 11) is 1.51. The zero-order valence-electron chi connectivity index (χ0n) is 12.6. The van der Waals surface area contributed by atoms with E-state index in [4.69, 9.17) is 10.5 Å². The number of carbonyl (C=O) groups is 2. The van der Waals surface area contributed by atoms with Gasteiger partial charge in [-0.3, -0.25) is 9.59 Å². The molecule has 6 heteroatoms. The van der Waals surface area contributed by atoms with Gasteiger partial charge < -0.3 is 21.1 Å². The van der Waals surface area contributed by atoms with Crippen LogP contribution in [0.1, 0.15) is 39.5 Å². The topological polar surface area (TPSA) is 93.4 Å². The fourth-order valence-electron chi connectivity index (χ4n) is 2.52. The minimum Gasteiger partial charge on any atom is -0.383 e. The second kappa shape index (κ2) is 8.21. The first-order valence-corrected chi connectivity index (χ1v) is 7.29. The van der Waals surface area contributed by atoms with Crippen molar-refractivity contribution in [3.63, 3.8) is 0 Å². The number of amides is 2. The van der Waals surface area contributed by atoms with Crippen molar-refractivity contribution in [1.82, 2.24) is 10.6 Å². The quantitative estimate of drug-likeness (QED) is 0.648. The van der Waals surface area contributed by atoms with Crippen LogP contribution in [0.25, 0.3) is 0 Å². The fraction of sp³-hybridized carbons (Fsp3) is 0.857. The maximum atomic E-state index is 12.0. The fourth-order valence-corrected chi connectivity index (χ4v) is 2.52. The highest BCUT2D eigenvalue weighted by molar-refractivity contribution is 5.82. The molecule has 0 aromatic heterocycles. The number of carbonyl (C=O) groups excluding carboxylic acids is 2. The Bertz CT molecular complexity index is 334. The summed E-state index contributed by atoms with van der Waals surface area (Å²) in [5.41, 5.74) is 5.69. The predicted octanol–water partition coefficient (Wildman–Crippen LogP) is 0.160. The van der Waals surface area contributed by atoms with Gasteiger partial charge in [0.25, 0.3) is 0 Å². The van der Waals surface area contributed by atoms with Gasteiger partial charge in [-0.25, -0.2) is 0 Å². The molecule has 2 amide bonds. The SMILES string of the molecule is COCC(N)C(=O)NC1CCCC(C(=O)NC(C)C)C1. The minimum atomic E-state index is -0.648. The van der Waals surface area contributed by atoms with E-state index in [1.807, 2.05) is 13.8 Å². The zero-order valence-corrected chi connectivity index (χ0v) is 12.6. The van der Waals surface area contributed by atoms with E-state index in [1.165, 1.54) is 7.11 Å². The Balaban J connectivity index is 2.44. The summed E-state index contributed by atoms with van der Waals surface area (Å²) in [4.78, 5) is 23.8. The molecule has 0 radical (unpaired) electrons. The molecule has 0 spiro atoms. The van der Waals surface area contributed by atoms with Crippen LogP contribution in [0, 0.1) is 5.92 Å². The lowest BCUT2D eigenvalue weighted by atomic mass is 9.85. The van der Waals surface area contributed by atoms with Gasteiger partial charge in [0, 0.05) is 25.1 Å². The van der Waals surface area contributed by atoms with Gasteiger partial charge in [-0.1, -0.05) is 6.42 Å². The van der Waals surface area contributed by atoms with Gasteiger partial charge >= 0.3 is 0 Å². The number of methoxy groups -OCH3 is 1. The van der Waals surface area contributed by atoms with Crippen molar-refractivity contribution in [3.8, 4) is 0 Å². The Morgan fingerprint density at radius 1 is 1.35 bits per heavy atom. The number of rotatable bonds is 6. The molecule has 3 unspecified atom stereocenters. The van der Waals surface area contributed by atoms with Crippen molar-refractivity contribution >= 4 is 11.8 Å². The molecule has 1 saturated carbocycles. The Morgan fingerprint density at radius 2 is 2.05 bits per heavy atom. The molecule has 1 aliphatic rings. The van der Waals surface area contributed by atoms with Crippen LogP contribution in [0.15, 0.2) is 0 Å². The average Bonchev–Trinajstić information content (AvgIpc) is 2.38. The molecule has 4 N–H and O–H groups in total. The lowest BCUT2D eigenvalue weighted by Gasteiger charge is -2.30. The molecule has 0 aromatic carbocycles. The van der Waals surface area contributed by atoms with Crippen LogP contribution < -0.4 is 16.4 Å². The Hall–Kier alpha value is -1.14. The number of nitrogens with two attached hydrogens (primary N) is 1. The molecule has 1 fully saturated rings. The predicted molar refractivity (Wildman–Crippen MR) is 77.0 cm³/mol. The number of ether oxygens (including phenoxy) is 1. The molecular weight excluding hydrogens is 258 g/mol. The van der Waals surface area contributed by atoms with Gasteiger partial charge in [-0.05, 0) is 33.1 Å². The van der Waals surface area contributed by atoms with E-state index in [-0.39, 0.29) is 36.4 Å². The van der Waals surface area contributed by atoms with E-state index in [2.05, 4.69) is 10.6 Å². The van der Waals surface area contributed by atoms with Gasteiger partial charge in [-0.15, -0.1) is 0 Å². The normalized spacial score (nSPS) is 24.2. The molecule has 0 saturated heterocycles. The molecule has 1 aliphatic carbocycles. The van der Waals surface area contributed by atoms with Crippen LogP contribution in [0.4, 0.5) is 0 Å². The van der Waals surface area contributed by atoms with Gasteiger partial charge in [0.1, 0.15) is 6.04 Å². The highest BCUT2D eigenvalue weighted by Gasteiger charge is 2.29. The number of hydrogen-bond acceptors (Lipinski definition) is 4. The van der Waals surface area contributed by atoms with Gasteiger partial charge in [-0.2, -0.15) is 0 Å². The summed E-state index contributed by atoms with van der Waals surface area (Å²) < 4.78 is 4.87. The maximum absolute atomic E-state index is 12.0. The molecule has 116 valence electrons. The van der Waals surface area contributed by atoms with Crippen LogP contribution >= 0.6 is 0 Å². The molecular formula is C14H27N3O3. The summed E-state index contributed by atoms with van der Waals surface area (Å²) >= 11 is 0. The lowest BCUT2D eigenvalue weighted by molar-refractivity contribution is -0.128. The summed E-state index contributed by atoms with van der Waals surface area (Å²) in [6.45, 7) is 4.10. The van der Waals surface area contributed by atoms with E-state index >= 15 is 0 Å². The minimum absolute atomic E-state index is 0.0184.